The zero-order valence-corrected chi connectivity index (χ0v) is 8.23. The molecule has 0 unspecified atom stereocenters. The van der Waals surface area contributed by atoms with E-state index in [9.17, 15) is 0 Å². The fourth-order valence-corrected chi connectivity index (χ4v) is 2.03. The van der Waals surface area contributed by atoms with Gasteiger partial charge in [0.05, 0.1) is 5.69 Å². The lowest BCUT2D eigenvalue weighted by molar-refractivity contribution is 0.925. The first kappa shape index (κ1) is 7.31. The van der Waals surface area contributed by atoms with E-state index in [4.69, 9.17) is 0 Å². The van der Waals surface area contributed by atoms with Gasteiger partial charge in [-0.3, -0.25) is 5.01 Å². The van der Waals surface area contributed by atoms with Crippen molar-refractivity contribution in [3.8, 4) is 0 Å². The Labute approximate surface area is 77.7 Å². The summed E-state index contributed by atoms with van der Waals surface area (Å²) in [5, 5.41) is 10.5. The van der Waals surface area contributed by atoms with E-state index < -0.39 is 0 Å². The van der Waals surface area contributed by atoms with Gasteiger partial charge in [-0.05, 0) is 27.4 Å². The smallest absolute Gasteiger partial charge is 0.105 e. The summed E-state index contributed by atoms with van der Waals surface area (Å²) in [6.07, 6.45) is 1.02. The van der Waals surface area contributed by atoms with Crippen LogP contribution in [0.5, 0.6) is 0 Å². The zero-order valence-electron chi connectivity index (χ0n) is 5.83. The maximum atomic E-state index is 4.30. The molecule has 0 spiro atoms. The van der Waals surface area contributed by atoms with Crippen molar-refractivity contribution in [1.82, 2.24) is 0 Å². The van der Waals surface area contributed by atoms with Gasteiger partial charge in [-0.1, -0.05) is 0 Å². The second-order valence-corrected chi connectivity index (χ2v) is 4.03. The van der Waals surface area contributed by atoms with Gasteiger partial charge in [0.25, 0.3) is 0 Å². The highest BCUT2D eigenvalue weighted by Gasteiger charge is 2.13. The SMILES string of the molecule is BrC1=NN(c2ccsc2)CC1. The van der Waals surface area contributed by atoms with Crippen molar-refractivity contribution in [3.63, 3.8) is 0 Å². The standard InChI is InChI=1S/C7H7BrN2S/c8-7-1-3-10(9-7)6-2-4-11-5-6/h2,4-5H,1,3H2. The van der Waals surface area contributed by atoms with Crippen molar-refractivity contribution in [2.24, 2.45) is 5.10 Å². The van der Waals surface area contributed by atoms with E-state index in [1.807, 2.05) is 5.01 Å². The molecule has 2 heterocycles. The molecule has 0 aliphatic carbocycles. The summed E-state index contributed by atoms with van der Waals surface area (Å²) in [5.74, 6) is 0. The molecule has 0 amide bonds. The van der Waals surface area contributed by atoms with E-state index in [1.165, 1.54) is 5.69 Å². The van der Waals surface area contributed by atoms with Crippen LogP contribution < -0.4 is 5.01 Å². The van der Waals surface area contributed by atoms with Crippen molar-refractivity contribution in [1.29, 1.82) is 0 Å². The predicted octanol–water partition coefficient (Wildman–Crippen LogP) is 2.67. The minimum Gasteiger partial charge on any atom is -0.264 e. The van der Waals surface area contributed by atoms with Crippen LogP contribution in [0.4, 0.5) is 5.69 Å². The molecule has 0 radical (unpaired) electrons. The third-order valence-corrected chi connectivity index (χ3v) is 2.79. The summed E-state index contributed by atoms with van der Waals surface area (Å²) in [7, 11) is 0. The highest BCUT2D eigenvalue weighted by Crippen LogP contribution is 2.22. The van der Waals surface area contributed by atoms with Gasteiger partial charge in [0.2, 0.25) is 0 Å². The van der Waals surface area contributed by atoms with Crippen molar-refractivity contribution >= 4 is 37.6 Å². The maximum absolute atomic E-state index is 4.30. The molecule has 4 heteroatoms. The molecule has 0 N–H and O–H groups in total. The van der Waals surface area contributed by atoms with Gasteiger partial charge in [0, 0.05) is 18.3 Å². The number of thiophene rings is 1. The van der Waals surface area contributed by atoms with Gasteiger partial charge in [-0.25, -0.2) is 0 Å². The third-order valence-electron chi connectivity index (χ3n) is 1.56. The lowest BCUT2D eigenvalue weighted by Crippen LogP contribution is -2.10. The zero-order chi connectivity index (χ0) is 7.68. The Morgan fingerprint density at radius 1 is 1.64 bits per heavy atom. The Bertz CT molecular complexity index is 268. The van der Waals surface area contributed by atoms with E-state index in [-0.39, 0.29) is 0 Å². The van der Waals surface area contributed by atoms with Gasteiger partial charge >= 0.3 is 0 Å². The number of hydrogen-bond acceptors (Lipinski definition) is 3. The highest BCUT2D eigenvalue weighted by molar-refractivity contribution is 9.18. The molecule has 58 valence electrons. The first-order chi connectivity index (χ1) is 5.36. The maximum Gasteiger partial charge on any atom is 0.105 e. The van der Waals surface area contributed by atoms with E-state index in [0.717, 1.165) is 17.6 Å². The molecular weight excluding hydrogens is 224 g/mol. The monoisotopic (exact) mass is 230 g/mol. The van der Waals surface area contributed by atoms with Crippen LogP contribution in [0.3, 0.4) is 0 Å². The van der Waals surface area contributed by atoms with Crippen LogP contribution in [0.15, 0.2) is 21.9 Å². The normalized spacial score (nSPS) is 17.2. The third kappa shape index (κ3) is 1.46. The highest BCUT2D eigenvalue weighted by atomic mass is 79.9. The molecule has 1 aliphatic heterocycles. The van der Waals surface area contributed by atoms with Crippen LogP contribution in [-0.4, -0.2) is 11.2 Å². The Balaban J connectivity index is 2.20. The van der Waals surface area contributed by atoms with Crippen molar-refractivity contribution in [2.75, 3.05) is 11.6 Å². The molecule has 0 saturated carbocycles. The topological polar surface area (TPSA) is 15.6 Å². The number of rotatable bonds is 1. The summed E-state index contributed by atoms with van der Waals surface area (Å²) < 4.78 is 1.05. The average Bonchev–Trinajstić information content (AvgIpc) is 2.55. The van der Waals surface area contributed by atoms with Crippen LogP contribution in [0.1, 0.15) is 6.42 Å². The summed E-state index contributed by atoms with van der Waals surface area (Å²) in [6, 6.07) is 2.08. The first-order valence-electron chi connectivity index (χ1n) is 3.39. The van der Waals surface area contributed by atoms with Crippen LogP contribution in [0.25, 0.3) is 0 Å². The van der Waals surface area contributed by atoms with E-state index in [0.29, 0.717) is 0 Å². The van der Waals surface area contributed by atoms with E-state index in [1.54, 1.807) is 11.3 Å². The lowest BCUT2D eigenvalue weighted by Gasteiger charge is -2.09. The molecule has 11 heavy (non-hydrogen) atoms. The molecule has 0 bridgehead atoms. The summed E-state index contributed by atoms with van der Waals surface area (Å²) >= 11 is 5.08. The van der Waals surface area contributed by atoms with Crippen LogP contribution in [0.2, 0.25) is 0 Å². The van der Waals surface area contributed by atoms with Crippen molar-refractivity contribution in [2.45, 2.75) is 6.42 Å². The second-order valence-electron chi connectivity index (χ2n) is 2.33. The number of hydrogen-bond donors (Lipinski definition) is 0. The Morgan fingerprint density at radius 2 is 2.55 bits per heavy atom. The molecule has 0 saturated heterocycles. The fourth-order valence-electron chi connectivity index (χ4n) is 1.02. The number of hydrazone groups is 1. The Kier molecular flexibility index (Phi) is 1.96. The van der Waals surface area contributed by atoms with Gasteiger partial charge in [0.1, 0.15) is 4.62 Å². The van der Waals surface area contributed by atoms with Crippen LogP contribution in [-0.2, 0) is 0 Å². The van der Waals surface area contributed by atoms with Crippen molar-refractivity contribution in [3.05, 3.63) is 16.8 Å². The summed E-state index contributed by atoms with van der Waals surface area (Å²) in [6.45, 7) is 0.997. The molecule has 2 nitrogen and oxygen atoms in total. The summed E-state index contributed by atoms with van der Waals surface area (Å²) in [4.78, 5) is 0. The number of anilines is 1. The fraction of sp³-hybridized carbons (Fsp3) is 0.286. The van der Waals surface area contributed by atoms with E-state index >= 15 is 0 Å². The minimum atomic E-state index is 0.997. The molecule has 1 aromatic heterocycles. The molecule has 1 aromatic rings. The molecule has 0 atom stereocenters. The van der Waals surface area contributed by atoms with Gasteiger partial charge in [-0.15, -0.1) is 0 Å². The minimum absolute atomic E-state index is 0.997. The first-order valence-corrected chi connectivity index (χ1v) is 5.12. The Hall–Kier alpha value is -0.350. The predicted molar refractivity (Wildman–Crippen MR) is 52.6 cm³/mol. The largest absolute Gasteiger partial charge is 0.264 e. The summed E-state index contributed by atoms with van der Waals surface area (Å²) in [5.41, 5.74) is 1.20. The lowest BCUT2D eigenvalue weighted by atomic mass is 10.4. The Morgan fingerprint density at radius 3 is 3.09 bits per heavy atom. The van der Waals surface area contributed by atoms with Gasteiger partial charge < -0.3 is 0 Å². The average molecular weight is 231 g/mol. The molecule has 2 rings (SSSR count). The molecule has 0 aromatic carbocycles. The van der Waals surface area contributed by atoms with E-state index in [2.05, 4.69) is 37.9 Å². The molecule has 0 fully saturated rings. The van der Waals surface area contributed by atoms with Crippen LogP contribution in [0, 0.1) is 0 Å². The second kappa shape index (κ2) is 2.95. The molecule has 1 aliphatic rings. The van der Waals surface area contributed by atoms with Crippen LogP contribution >= 0.6 is 27.3 Å². The quantitative estimate of drug-likeness (QED) is 0.725. The van der Waals surface area contributed by atoms with Crippen molar-refractivity contribution < 1.29 is 0 Å². The van der Waals surface area contributed by atoms with Gasteiger partial charge in [-0.2, -0.15) is 16.4 Å². The number of nitrogens with zero attached hydrogens (tertiary/aromatic N) is 2. The van der Waals surface area contributed by atoms with Gasteiger partial charge in [0.15, 0.2) is 0 Å². The number of halogens is 1. The molecular formula is C7H7BrN2S.